The van der Waals surface area contributed by atoms with Crippen LogP contribution in [0.2, 0.25) is 0 Å². The van der Waals surface area contributed by atoms with Crippen LogP contribution in [0.25, 0.3) is 0 Å². The van der Waals surface area contributed by atoms with Gasteiger partial charge in [-0.25, -0.2) is 0 Å². The number of hydrogen-bond acceptors (Lipinski definition) is 6. The lowest BCUT2D eigenvalue weighted by Gasteiger charge is -2.47. The van der Waals surface area contributed by atoms with Crippen LogP contribution in [0.5, 0.6) is 0 Å². The molecule has 1 heterocycles. The van der Waals surface area contributed by atoms with Gasteiger partial charge < -0.3 is 30.6 Å². The normalized spacial score (nSPS) is 32.9. The molecule has 0 aromatic rings. The van der Waals surface area contributed by atoms with E-state index in [1.165, 1.54) is 0 Å². The van der Waals surface area contributed by atoms with E-state index in [0.29, 0.717) is 13.0 Å². The fraction of sp³-hybridized carbons (Fsp3) is 0.846. The minimum absolute atomic E-state index is 0.113. The summed E-state index contributed by atoms with van der Waals surface area (Å²) >= 11 is 0. The van der Waals surface area contributed by atoms with Crippen molar-refractivity contribution in [2.45, 2.75) is 57.1 Å². The van der Waals surface area contributed by atoms with E-state index >= 15 is 0 Å². The Morgan fingerprint density at radius 2 is 1.71 bits per heavy atom. The van der Waals surface area contributed by atoms with Gasteiger partial charge in [-0.15, -0.1) is 0 Å². The molecule has 21 heavy (non-hydrogen) atoms. The van der Waals surface area contributed by atoms with E-state index in [1.807, 2.05) is 0 Å². The first kappa shape index (κ1) is 17.8. The number of piperidine rings is 1. The number of carbonyl (C=O) groups is 2. The first-order valence-corrected chi connectivity index (χ1v) is 7.14. The lowest BCUT2D eigenvalue weighted by Crippen LogP contribution is -2.71. The van der Waals surface area contributed by atoms with Crippen LogP contribution in [0.4, 0.5) is 0 Å². The van der Waals surface area contributed by atoms with Crippen molar-refractivity contribution in [3.63, 3.8) is 0 Å². The summed E-state index contributed by atoms with van der Waals surface area (Å²) < 4.78 is 0. The predicted octanol–water partition coefficient (Wildman–Crippen LogP) is -2.42. The molecule has 5 atom stereocenters. The zero-order valence-corrected chi connectivity index (χ0v) is 12.3. The number of carbonyl (C=O) groups excluding carboxylic acids is 2. The van der Waals surface area contributed by atoms with Gasteiger partial charge in [0.2, 0.25) is 11.8 Å². The molecular formula is C13H24N2O6. The lowest BCUT2D eigenvalue weighted by molar-refractivity contribution is -0.187. The van der Waals surface area contributed by atoms with Gasteiger partial charge in [-0.1, -0.05) is 6.92 Å². The number of rotatable bonds is 5. The second-order valence-corrected chi connectivity index (χ2v) is 5.11. The molecular weight excluding hydrogens is 280 g/mol. The summed E-state index contributed by atoms with van der Waals surface area (Å²) in [6.07, 6.45) is -4.11. The first-order chi connectivity index (χ1) is 9.90. The van der Waals surface area contributed by atoms with Crippen molar-refractivity contribution in [3.05, 3.63) is 0 Å². The number of likely N-dealkylation sites (tertiary alicyclic amines) is 1. The van der Waals surface area contributed by atoms with Crippen LogP contribution in [-0.4, -0.2) is 80.7 Å². The predicted molar refractivity (Wildman–Crippen MR) is 73.1 cm³/mol. The fourth-order valence-corrected chi connectivity index (χ4v) is 2.59. The molecule has 1 aliphatic rings. The van der Waals surface area contributed by atoms with Crippen LogP contribution in [-0.2, 0) is 9.59 Å². The summed E-state index contributed by atoms with van der Waals surface area (Å²) in [6, 6.07) is -2.46. The van der Waals surface area contributed by atoms with E-state index in [2.05, 4.69) is 5.32 Å². The molecule has 0 radical (unpaired) electrons. The maximum atomic E-state index is 12.2. The standard InChI is InChI=1S/C13H24N2O6/c1-3-5-8(17)15-7(6-16)10(18)12(20)11(19)9(15)13(21)14-4-2/h7,9-12,16,18-20H,3-6H2,1-2H3,(H,14,21). The summed E-state index contributed by atoms with van der Waals surface area (Å²) in [5.74, 6) is -1.09. The molecule has 8 nitrogen and oxygen atoms in total. The molecule has 1 saturated heterocycles. The second kappa shape index (κ2) is 7.69. The van der Waals surface area contributed by atoms with Gasteiger partial charge in [-0.05, 0) is 13.3 Å². The number of aliphatic hydroxyl groups is 4. The summed E-state index contributed by atoms with van der Waals surface area (Å²) in [5, 5.41) is 41.7. The smallest absolute Gasteiger partial charge is 0.245 e. The number of likely N-dealkylation sites (N-methyl/N-ethyl adjacent to an activating group) is 1. The molecule has 8 heteroatoms. The van der Waals surface area contributed by atoms with Crippen LogP contribution in [0.1, 0.15) is 26.7 Å². The third kappa shape index (κ3) is 3.52. The lowest BCUT2D eigenvalue weighted by atomic mass is 9.87. The van der Waals surface area contributed by atoms with Crippen LogP contribution >= 0.6 is 0 Å². The zero-order valence-electron chi connectivity index (χ0n) is 12.3. The number of hydrogen-bond donors (Lipinski definition) is 5. The van der Waals surface area contributed by atoms with E-state index in [4.69, 9.17) is 0 Å². The topological polar surface area (TPSA) is 130 Å². The van der Waals surface area contributed by atoms with E-state index in [0.717, 1.165) is 4.90 Å². The Labute approximate surface area is 123 Å². The van der Waals surface area contributed by atoms with Crippen LogP contribution in [0, 0.1) is 0 Å². The molecule has 1 aliphatic heterocycles. The second-order valence-electron chi connectivity index (χ2n) is 5.11. The van der Waals surface area contributed by atoms with Crippen molar-refractivity contribution in [2.75, 3.05) is 13.2 Å². The third-order valence-corrected chi connectivity index (χ3v) is 3.63. The van der Waals surface area contributed by atoms with Crippen LogP contribution < -0.4 is 5.32 Å². The molecule has 5 N–H and O–H groups in total. The average Bonchev–Trinajstić information content (AvgIpc) is 2.44. The zero-order chi connectivity index (χ0) is 16.2. The third-order valence-electron chi connectivity index (χ3n) is 3.63. The summed E-state index contributed by atoms with van der Waals surface area (Å²) in [4.78, 5) is 25.3. The number of aliphatic hydroxyl groups excluding tert-OH is 4. The van der Waals surface area contributed by atoms with Crippen molar-refractivity contribution in [1.29, 1.82) is 0 Å². The van der Waals surface area contributed by atoms with E-state index in [-0.39, 0.29) is 6.42 Å². The van der Waals surface area contributed by atoms with Gasteiger partial charge in [0, 0.05) is 13.0 Å². The first-order valence-electron chi connectivity index (χ1n) is 7.14. The summed E-state index contributed by atoms with van der Waals surface area (Å²) in [5.41, 5.74) is 0. The van der Waals surface area contributed by atoms with Crippen molar-refractivity contribution >= 4 is 11.8 Å². The molecule has 2 amide bonds. The molecule has 0 aromatic heterocycles. The minimum Gasteiger partial charge on any atom is -0.394 e. The van der Waals surface area contributed by atoms with Crippen molar-refractivity contribution in [3.8, 4) is 0 Å². The fourth-order valence-electron chi connectivity index (χ4n) is 2.59. The van der Waals surface area contributed by atoms with E-state index in [9.17, 15) is 30.0 Å². The minimum atomic E-state index is -1.62. The summed E-state index contributed by atoms with van der Waals surface area (Å²) in [7, 11) is 0. The average molecular weight is 304 g/mol. The number of amides is 2. The van der Waals surface area contributed by atoms with Crippen LogP contribution in [0.15, 0.2) is 0 Å². The highest BCUT2D eigenvalue weighted by molar-refractivity contribution is 5.89. The van der Waals surface area contributed by atoms with Gasteiger partial charge in [0.25, 0.3) is 0 Å². The van der Waals surface area contributed by atoms with Crippen LogP contribution in [0.3, 0.4) is 0 Å². The molecule has 5 unspecified atom stereocenters. The highest BCUT2D eigenvalue weighted by Crippen LogP contribution is 2.26. The van der Waals surface area contributed by atoms with Crippen molar-refractivity contribution < 1.29 is 30.0 Å². The van der Waals surface area contributed by atoms with E-state index in [1.54, 1.807) is 13.8 Å². The van der Waals surface area contributed by atoms with Crippen molar-refractivity contribution in [1.82, 2.24) is 10.2 Å². The highest BCUT2D eigenvalue weighted by Gasteiger charge is 2.51. The van der Waals surface area contributed by atoms with Gasteiger partial charge in [-0.3, -0.25) is 9.59 Å². The molecule has 0 saturated carbocycles. The molecule has 1 fully saturated rings. The van der Waals surface area contributed by atoms with Gasteiger partial charge in [0.05, 0.1) is 12.6 Å². The monoisotopic (exact) mass is 304 g/mol. The van der Waals surface area contributed by atoms with Crippen molar-refractivity contribution in [2.24, 2.45) is 0 Å². The molecule has 122 valence electrons. The quantitative estimate of drug-likeness (QED) is 0.384. The molecule has 1 rings (SSSR count). The number of nitrogens with one attached hydrogen (secondary N) is 1. The highest BCUT2D eigenvalue weighted by atomic mass is 16.4. The van der Waals surface area contributed by atoms with E-state index < -0.39 is 48.8 Å². The Morgan fingerprint density at radius 1 is 1.10 bits per heavy atom. The largest absolute Gasteiger partial charge is 0.394 e. The SMILES string of the molecule is CCCC(=O)N1C(CO)C(O)C(O)C(O)C1C(=O)NCC. The Kier molecular flexibility index (Phi) is 6.53. The summed E-state index contributed by atoms with van der Waals surface area (Å²) in [6.45, 7) is 3.13. The Bertz CT molecular complexity index is 378. The maximum Gasteiger partial charge on any atom is 0.245 e. The Hall–Kier alpha value is -1.22. The molecule has 0 bridgehead atoms. The van der Waals surface area contributed by atoms with Gasteiger partial charge in [0.15, 0.2) is 0 Å². The molecule has 0 aromatic carbocycles. The molecule has 0 aliphatic carbocycles. The Morgan fingerprint density at radius 3 is 2.19 bits per heavy atom. The maximum absolute atomic E-state index is 12.2. The van der Waals surface area contributed by atoms with Gasteiger partial charge in [-0.2, -0.15) is 0 Å². The number of nitrogens with zero attached hydrogens (tertiary/aromatic N) is 1. The molecule has 0 spiro atoms. The van der Waals surface area contributed by atoms with Gasteiger partial charge >= 0.3 is 0 Å². The Balaban J connectivity index is 3.17. The van der Waals surface area contributed by atoms with Gasteiger partial charge in [0.1, 0.15) is 24.4 Å².